The molecule has 1 aliphatic rings. The molecule has 3 aromatic carbocycles. The molecule has 0 aliphatic carbocycles. The van der Waals surface area contributed by atoms with Crippen molar-refractivity contribution in [2.24, 2.45) is 5.92 Å². The van der Waals surface area contributed by atoms with Crippen LogP contribution in [-0.4, -0.2) is 31.7 Å². The third-order valence-electron chi connectivity index (χ3n) is 5.56. The topological polar surface area (TPSA) is 66.5 Å². The zero-order valence-corrected chi connectivity index (χ0v) is 18.0. The second-order valence-corrected chi connectivity index (χ2v) is 9.91. The van der Waals surface area contributed by atoms with Gasteiger partial charge < -0.3 is 5.32 Å². The summed E-state index contributed by atoms with van der Waals surface area (Å²) >= 11 is 6.12. The molecule has 1 heterocycles. The van der Waals surface area contributed by atoms with Crippen molar-refractivity contribution in [1.82, 2.24) is 4.31 Å². The molecule has 7 heteroatoms. The second-order valence-electron chi connectivity index (χ2n) is 7.54. The van der Waals surface area contributed by atoms with Gasteiger partial charge in [0, 0.05) is 35.1 Å². The number of hydrogen-bond acceptors (Lipinski definition) is 3. The third kappa shape index (κ3) is 4.51. The van der Waals surface area contributed by atoms with Gasteiger partial charge in [-0.2, -0.15) is 0 Å². The number of piperidine rings is 1. The number of rotatable bonds is 5. The van der Waals surface area contributed by atoms with Crippen LogP contribution in [0.5, 0.6) is 0 Å². The fourth-order valence-electron chi connectivity index (χ4n) is 3.87. The highest BCUT2D eigenvalue weighted by Gasteiger charge is 2.31. The Morgan fingerprint density at radius 3 is 2.40 bits per heavy atom. The van der Waals surface area contributed by atoms with Gasteiger partial charge >= 0.3 is 0 Å². The number of anilines is 1. The van der Waals surface area contributed by atoms with Crippen LogP contribution in [0.25, 0.3) is 10.8 Å². The second kappa shape index (κ2) is 8.76. The van der Waals surface area contributed by atoms with E-state index in [1.165, 1.54) is 4.31 Å². The smallest absolute Gasteiger partial charge is 0.227 e. The molecule has 3 aromatic rings. The summed E-state index contributed by atoms with van der Waals surface area (Å²) in [6, 6.07) is 20.7. The van der Waals surface area contributed by atoms with E-state index in [9.17, 15) is 13.2 Å². The van der Waals surface area contributed by atoms with Crippen molar-refractivity contribution >= 4 is 44.0 Å². The number of halogens is 1. The largest absolute Gasteiger partial charge is 0.325 e. The van der Waals surface area contributed by atoms with Crippen LogP contribution in [-0.2, 0) is 20.6 Å². The first kappa shape index (κ1) is 20.8. The first-order valence-electron chi connectivity index (χ1n) is 9.94. The fourth-order valence-corrected chi connectivity index (χ4v) is 5.74. The molecule has 0 aromatic heterocycles. The fraction of sp³-hybridized carbons (Fsp3) is 0.261. The molecule has 1 saturated heterocycles. The van der Waals surface area contributed by atoms with Gasteiger partial charge in [0.15, 0.2) is 0 Å². The number of nitrogens with one attached hydrogen (secondary N) is 1. The molecule has 0 saturated carbocycles. The Balaban J connectivity index is 1.39. The third-order valence-corrected chi connectivity index (χ3v) is 7.76. The SMILES string of the molecule is O=C(Nc1cccc2ccccc12)C1CCN(S(=O)(=O)Cc2ccccc2Cl)CC1. The zero-order valence-electron chi connectivity index (χ0n) is 16.4. The highest BCUT2D eigenvalue weighted by Crippen LogP contribution is 2.27. The predicted molar refractivity (Wildman–Crippen MR) is 121 cm³/mol. The number of sulfonamides is 1. The maximum absolute atomic E-state index is 12.8. The van der Waals surface area contributed by atoms with Crippen molar-refractivity contribution in [2.45, 2.75) is 18.6 Å². The lowest BCUT2D eigenvalue weighted by atomic mass is 9.97. The lowest BCUT2D eigenvalue weighted by Gasteiger charge is -2.30. The molecule has 0 atom stereocenters. The van der Waals surface area contributed by atoms with E-state index >= 15 is 0 Å². The Bertz CT molecular complexity index is 1170. The van der Waals surface area contributed by atoms with Gasteiger partial charge in [-0.05, 0) is 35.9 Å². The maximum Gasteiger partial charge on any atom is 0.227 e. The van der Waals surface area contributed by atoms with Gasteiger partial charge in [-0.15, -0.1) is 0 Å². The summed E-state index contributed by atoms with van der Waals surface area (Å²) in [5.74, 6) is -0.398. The van der Waals surface area contributed by atoms with Gasteiger partial charge in [0.05, 0.1) is 5.75 Å². The molecule has 1 aliphatic heterocycles. The molecule has 1 N–H and O–H groups in total. The summed E-state index contributed by atoms with van der Waals surface area (Å²) in [7, 11) is -3.48. The lowest BCUT2D eigenvalue weighted by Crippen LogP contribution is -2.41. The summed E-state index contributed by atoms with van der Waals surface area (Å²) in [5, 5.41) is 5.54. The van der Waals surface area contributed by atoms with Crippen molar-refractivity contribution in [3.8, 4) is 0 Å². The first-order valence-corrected chi connectivity index (χ1v) is 11.9. The maximum atomic E-state index is 12.8. The van der Waals surface area contributed by atoms with E-state index < -0.39 is 10.0 Å². The number of amides is 1. The number of hydrogen-bond donors (Lipinski definition) is 1. The van der Waals surface area contributed by atoms with Crippen molar-refractivity contribution < 1.29 is 13.2 Å². The number of benzene rings is 3. The van der Waals surface area contributed by atoms with Crippen LogP contribution in [0.1, 0.15) is 18.4 Å². The van der Waals surface area contributed by atoms with Crippen molar-refractivity contribution in [1.29, 1.82) is 0 Å². The van der Waals surface area contributed by atoms with Crippen LogP contribution in [0.15, 0.2) is 66.7 Å². The van der Waals surface area contributed by atoms with E-state index in [0.717, 1.165) is 16.5 Å². The number of carbonyl (C=O) groups is 1. The predicted octanol–water partition coefficient (Wildman–Crippen LogP) is 4.67. The summed E-state index contributed by atoms with van der Waals surface area (Å²) in [6.45, 7) is 0.667. The average Bonchev–Trinajstić information content (AvgIpc) is 2.75. The minimum Gasteiger partial charge on any atom is -0.325 e. The van der Waals surface area contributed by atoms with Gasteiger partial charge in [0.1, 0.15) is 0 Å². The Morgan fingerprint density at radius 2 is 1.63 bits per heavy atom. The Kier molecular flexibility index (Phi) is 6.09. The van der Waals surface area contributed by atoms with Gasteiger partial charge in [-0.1, -0.05) is 66.2 Å². The van der Waals surface area contributed by atoms with Crippen LogP contribution >= 0.6 is 11.6 Å². The van der Waals surface area contributed by atoms with Crippen LogP contribution in [0.4, 0.5) is 5.69 Å². The van der Waals surface area contributed by atoms with Crippen molar-refractivity contribution in [3.63, 3.8) is 0 Å². The van der Waals surface area contributed by atoms with Crippen LogP contribution in [0.2, 0.25) is 5.02 Å². The molecular formula is C23H23ClN2O3S. The molecule has 0 unspecified atom stereocenters. The molecule has 0 radical (unpaired) electrons. The van der Waals surface area contributed by atoms with E-state index in [2.05, 4.69) is 5.32 Å². The van der Waals surface area contributed by atoms with Crippen molar-refractivity contribution in [2.75, 3.05) is 18.4 Å². The molecule has 0 bridgehead atoms. The molecule has 156 valence electrons. The molecule has 1 fully saturated rings. The molecule has 0 spiro atoms. The Labute approximate surface area is 181 Å². The first-order chi connectivity index (χ1) is 14.4. The highest BCUT2D eigenvalue weighted by atomic mass is 35.5. The van der Waals surface area contributed by atoms with Crippen LogP contribution in [0.3, 0.4) is 0 Å². The number of carbonyl (C=O) groups excluding carboxylic acids is 1. The highest BCUT2D eigenvalue weighted by molar-refractivity contribution is 7.88. The normalized spacial score (nSPS) is 15.9. The van der Waals surface area contributed by atoms with E-state index in [4.69, 9.17) is 11.6 Å². The van der Waals surface area contributed by atoms with E-state index in [1.54, 1.807) is 24.3 Å². The van der Waals surface area contributed by atoms with Crippen LogP contribution in [0, 0.1) is 5.92 Å². The molecule has 5 nitrogen and oxygen atoms in total. The standard InChI is InChI=1S/C23H23ClN2O3S/c24-21-10-4-2-7-19(21)16-30(28,29)26-14-12-18(13-15-26)23(27)25-22-11-5-8-17-6-1-3-9-20(17)22/h1-11,18H,12-16H2,(H,25,27). The minimum atomic E-state index is -3.48. The molecule has 4 rings (SSSR count). The van der Waals surface area contributed by atoms with Crippen molar-refractivity contribution in [3.05, 3.63) is 77.3 Å². The summed E-state index contributed by atoms with van der Waals surface area (Å²) in [4.78, 5) is 12.8. The van der Waals surface area contributed by atoms with E-state index in [-0.39, 0.29) is 17.6 Å². The van der Waals surface area contributed by atoms with Gasteiger partial charge in [0.25, 0.3) is 0 Å². The summed E-state index contributed by atoms with van der Waals surface area (Å²) in [6.07, 6.45) is 0.997. The van der Waals surface area contributed by atoms with E-state index in [1.807, 2.05) is 42.5 Å². The van der Waals surface area contributed by atoms with Gasteiger partial charge in [-0.3, -0.25) is 4.79 Å². The number of nitrogens with zero attached hydrogens (tertiary/aromatic N) is 1. The summed E-state index contributed by atoms with van der Waals surface area (Å²) in [5.41, 5.74) is 1.38. The molecular weight excluding hydrogens is 420 g/mol. The lowest BCUT2D eigenvalue weighted by molar-refractivity contribution is -0.120. The van der Waals surface area contributed by atoms with Crippen LogP contribution < -0.4 is 5.32 Å². The van der Waals surface area contributed by atoms with Gasteiger partial charge in [0.2, 0.25) is 15.9 Å². The molecule has 1 amide bonds. The quantitative estimate of drug-likeness (QED) is 0.624. The molecule has 30 heavy (non-hydrogen) atoms. The average molecular weight is 443 g/mol. The monoisotopic (exact) mass is 442 g/mol. The zero-order chi connectivity index (χ0) is 21.1. The minimum absolute atomic E-state index is 0.0606. The number of fused-ring (bicyclic) bond motifs is 1. The van der Waals surface area contributed by atoms with Gasteiger partial charge in [-0.25, -0.2) is 12.7 Å². The summed E-state index contributed by atoms with van der Waals surface area (Å²) < 4.78 is 27.0. The Hall–Kier alpha value is -2.41. The Morgan fingerprint density at radius 1 is 0.967 bits per heavy atom. The van der Waals surface area contributed by atoms with E-state index in [0.29, 0.717) is 36.5 Å².